The zero-order valence-corrected chi connectivity index (χ0v) is 8.91. The number of nitro benzene ring substituents is 1. The minimum atomic E-state index is -0.579. The van der Waals surface area contributed by atoms with Crippen LogP contribution >= 0.6 is 35.0 Å². The van der Waals surface area contributed by atoms with Crippen molar-refractivity contribution >= 4 is 40.7 Å². The van der Waals surface area contributed by atoms with E-state index in [0.717, 1.165) is 0 Å². The molecule has 0 amide bonds. The third-order valence-corrected chi connectivity index (χ3v) is 3.01. The van der Waals surface area contributed by atoms with Gasteiger partial charge in [-0.05, 0) is 18.4 Å². The van der Waals surface area contributed by atoms with Crippen molar-refractivity contribution in [1.29, 1.82) is 0 Å². The highest BCUT2D eigenvalue weighted by Crippen LogP contribution is 2.38. The van der Waals surface area contributed by atoms with E-state index in [9.17, 15) is 10.1 Å². The van der Waals surface area contributed by atoms with Gasteiger partial charge in [-0.2, -0.15) is 0 Å². The second-order valence-electron chi connectivity index (χ2n) is 2.17. The van der Waals surface area contributed by atoms with E-state index in [-0.39, 0.29) is 15.7 Å². The Morgan fingerprint density at radius 3 is 2.54 bits per heavy atom. The predicted octanol–water partition coefficient (Wildman–Crippen LogP) is 3.62. The first-order valence-corrected chi connectivity index (χ1v) is 5.22. The molecule has 0 N–H and O–H groups in total. The van der Waals surface area contributed by atoms with Crippen LogP contribution in [0.15, 0.2) is 17.0 Å². The molecule has 1 rings (SSSR count). The fourth-order valence-electron chi connectivity index (χ4n) is 0.847. The monoisotopic (exact) mass is 237 g/mol. The SMILES string of the molecule is CSc1ccc(Cl)c([N+](=O)[O-])c1Cl. The van der Waals surface area contributed by atoms with Gasteiger partial charge in [0, 0.05) is 4.90 Å². The van der Waals surface area contributed by atoms with Crippen molar-refractivity contribution in [1.82, 2.24) is 0 Å². The van der Waals surface area contributed by atoms with Gasteiger partial charge in [0.25, 0.3) is 0 Å². The van der Waals surface area contributed by atoms with Crippen molar-refractivity contribution in [2.45, 2.75) is 4.90 Å². The van der Waals surface area contributed by atoms with Gasteiger partial charge in [0.1, 0.15) is 10.0 Å². The molecule has 3 nitrogen and oxygen atoms in total. The summed E-state index contributed by atoms with van der Waals surface area (Å²) in [6, 6.07) is 3.12. The van der Waals surface area contributed by atoms with Gasteiger partial charge in [0.05, 0.1) is 4.92 Å². The van der Waals surface area contributed by atoms with E-state index in [2.05, 4.69) is 0 Å². The number of benzene rings is 1. The highest BCUT2D eigenvalue weighted by molar-refractivity contribution is 7.98. The predicted molar refractivity (Wildman–Crippen MR) is 54.9 cm³/mol. The Kier molecular flexibility index (Phi) is 3.41. The maximum Gasteiger partial charge on any atom is 0.307 e. The molecule has 1 aromatic carbocycles. The van der Waals surface area contributed by atoms with Crippen molar-refractivity contribution in [3.8, 4) is 0 Å². The smallest absolute Gasteiger partial charge is 0.258 e. The summed E-state index contributed by atoms with van der Waals surface area (Å²) in [4.78, 5) is 10.6. The average Bonchev–Trinajstić information content (AvgIpc) is 2.04. The van der Waals surface area contributed by atoms with Crippen LogP contribution in [0.2, 0.25) is 10.0 Å². The molecule has 0 fully saturated rings. The molecule has 0 spiro atoms. The van der Waals surface area contributed by atoms with Gasteiger partial charge in [-0.1, -0.05) is 23.2 Å². The molecule has 1 aromatic rings. The molecule has 0 aliphatic carbocycles. The van der Waals surface area contributed by atoms with E-state index >= 15 is 0 Å². The maximum atomic E-state index is 10.5. The van der Waals surface area contributed by atoms with Gasteiger partial charge in [0.15, 0.2) is 0 Å². The zero-order valence-electron chi connectivity index (χ0n) is 6.58. The van der Waals surface area contributed by atoms with Gasteiger partial charge >= 0.3 is 5.69 Å². The number of halogens is 2. The standard InChI is InChI=1S/C7H5Cl2NO2S/c1-13-5-3-2-4(8)7(6(5)9)10(11)12/h2-3H,1H3. The molecule has 0 aromatic heterocycles. The largest absolute Gasteiger partial charge is 0.307 e. The summed E-state index contributed by atoms with van der Waals surface area (Å²) in [6.45, 7) is 0. The number of nitrogens with zero attached hydrogens (tertiary/aromatic N) is 1. The van der Waals surface area contributed by atoms with Gasteiger partial charge < -0.3 is 0 Å². The summed E-state index contributed by atoms with van der Waals surface area (Å²) >= 11 is 12.7. The number of thioether (sulfide) groups is 1. The molecule has 0 radical (unpaired) electrons. The van der Waals surface area contributed by atoms with Crippen LogP contribution in [-0.2, 0) is 0 Å². The second kappa shape index (κ2) is 4.17. The van der Waals surface area contributed by atoms with E-state index in [1.54, 1.807) is 12.3 Å². The third-order valence-electron chi connectivity index (χ3n) is 1.43. The summed E-state index contributed by atoms with van der Waals surface area (Å²) in [5.74, 6) is 0. The lowest BCUT2D eigenvalue weighted by molar-refractivity contribution is -0.384. The topological polar surface area (TPSA) is 43.1 Å². The van der Waals surface area contributed by atoms with Crippen LogP contribution in [0, 0.1) is 10.1 Å². The Morgan fingerprint density at radius 1 is 1.46 bits per heavy atom. The molecule has 0 aliphatic heterocycles. The number of hydrogen-bond donors (Lipinski definition) is 0. The van der Waals surface area contributed by atoms with Crippen LogP contribution < -0.4 is 0 Å². The minimum absolute atomic E-state index is 0.0628. The molecular formula is C7H5Cl2NO2S. The van der Waals surface area contributed by atoms with Crippen LogP contribution in [0.4, 0.5) is 5.69 Å². The first kappa shape index (κ1) is 10.6. The van der Waals surface area contributed by atoms with Gasteiger partial charge in [-0.15, -0.1) is 11.8 Å². The lowest BCUT2D eigenvalue weighted by Gasteiger charge is -2.02. The Labute approximate surface area is 89.2 Å². The number of rotatable bonds is 2. The fraction of sp³-hybridized carbons (Fsp3) is 0.143. The average molecular weight is 238 g/mol. The quantitative estimate of drug-likeness (QED) is 0.449. The van der Waals surface area contributed by atoms with Gasteiger partial charge in [-0.25, -0.2) is 0 Å². The highest BCUT2D eigenvalue weighted by Gasteiger charge is 2.20. The Bertz CT molecular complexity index is 357. The molecule has 13 heavy (non-hydrogen) atoms. The molecule has 0 unspecified atom stereocenters. The van der Waals surface area contributed by atoms with E-state index in [0.29, 0.717) is 4.90 Å². The lowest BCUT2D eigenvalue weighted by Crippen LogP contribution is -1.91. The van der Waals surface area contributed by atoms with E-state index in [4.69, 9.17) is 23.2 Å². The van der Waals surface area contributed by atoms with Crippen LogP contribution in [-0.4, -0.2) is 11.2 Å². The first-order chi connectivity index (χ1) is 6.07. The summed E-state index contributed by atoms with van der Waals surface area (Å²) in [5, 5.41) is 10.7. The molecule has 0 saturated heterocycles. The summed E-state index contributed by atoms with van der Waals surface area (Å²) < 4.78 is 0. The molecule has 6 heteroatoms. The van der Waals surface area contributed by atoms with E-state index < -0.39 is 4.92 Å². The molecule has 0 saturated carbocycles. The van der Waals surface area contributed by atoms with Gasteiger partial charge in [0.2, 0.25) is 0 Å². The van der Waals surface area contributed by atoms with Crippen molar-refractivity contribution in [3.63, 3.8) is 0 Å². The normalized spacial score (nSPS) is 10.1. The molecule has 0 aliphatic rings. The summed E-state index contributed by atoms with van der Waals surface area (Å²) in [6.07, 6.45) is 1.79. The molecular weight excluding hydrogens is 233 g/mol. The van der Waals surface area contributed by atoms with Crippen LogP contribution in [0.3, 0.4) is 0 Å². The number of nitro groups is 1. The Balaban J connectivity index is 3.38. The van der Waals surface area contributed by atoms with Gasteiger partial charge in [-0.3, -0.25) is 10.1 Å². The summed E-state index contributed by atoms with van der Waals surface area (Å²) in [5.41, 5.74) is -0.227. The van der Waals surface area contributed by atoms with Crippen molar-refractivity contribution in [2.24, 2.45) is 0 Å². The number of hydrogen-bond acceptors (Lipinski definition) is 3. The maximum absolute atomic E-state index is 10.5. The Hall–Kier alpha value is -0.450. The van der Waals surface area contributed by atoms with Crippen molar-refractivity contribution < 1.29 is 4.92 Å². The van der Waals surface area contributed by atoms with Crippen LogP contribution in [0.1, 0.15) is 0 Å². The first-order valence-electron chi connectivity index (χ1n) is 3.24. The Morgan fingerprint density at radius 2 is 2.08 bits per heavy atom. The van der Waals surface area contributed by atoms with Crippen molar-refractivity contribution in [2.75, 3.05) is 6.26 Å². The third kappa shape index (κ3) is 2.07. The van der Waals surface area contributed by atoms with Crippen LogP contribution in [0.25, 0.3) is 0 Å². The second-order valence-corrected chi connectivity index (χ2v) is 3.80. The molecule has 0 atom stereocenters. The molecule has 0 bridgehead atoms. The van der Waals surface area contributed by atoms with E-state index in [1.807, 2.05) is 0 Å². The highest BCUT2D eigenvalue weighted by atomic mass is 35.5. The van der Waals surface area contributed by atoms with E-state index in [1.165, 1.54) is 17.8 Å². The summed E-state index contributed by atoms with van der Waals surface area (Å²) in [7, 11) is 0. The fourth-order valence-corrected chi connectivity index (χ4v) is 2.07. The minimum Gasteiger partial charge on any atom is -0.258 e. The van der Waals surface area contributed by atoms with Crippen LogP contribution in [0.5, 0.6) is 0 Å². The molecule has 70 valence electrons. The molecule has 0 heterocycles. The zero-order chi connectivity index (χ0) is 10.0. The lowest BCUT2D eigenvalue weighted by atomic mass is 10.3. The van der Waals surface area contributed by atoms with Crippen molar-refractivity contribution in [3.05, 3.63) is 32.3 Å².